The first-order chi connectivity index (χ1) is 18.9. The molecule has 39 heavy (non-hydrogen) atoms. The molecule has 2 unspecified atom stereocenters. The van der Waals surface area contributed by atoms with Crippen molar-refractivity contribution in [3.8, 4) is 23.0 Å². The molecule has 0 aromatic heterocycles. The van der Waals surface area contributed by atoms with Crippen molar-refractivity contribution in [1.29, 1.82) is 0 Å². The van der Waals surface area contributed by atoms with E-state index in [9.17, 15) is 4.79 Å². The zero-order valence-corrected chi connectivity index (χ0v) is 23.2. The van der Waals surface area contributed by atoms with Gasteiger partial charge in [-0.25, -0.2) is 0 Å². The highest BCUT2D eigenvalue weighted by molar-refractivity contribution is 6.01. The molecule has 2 N–H and O–H groups in total. The molecule has 0 spiro atoms. The predicted molar refractivity (Wildman–Crippen MR) is 153 cm³/mol. The summed E-state index contributed by atoms with van der Waals surface area (Å²) in [6.07, 6.45) is 1.12. The summed E-state index contributed by atoms with van der Waals surface area (Å²) in [5.74, 6) is 3.21. The summed E-state index contributed by atoms with van der Waals surface area (Å²) in [7, 11) is 4.82. The van der Waals surface area contributed by atoms with Gasteiger partial charge < -0.3 is 29.6 Å². The van der Waals surface area contributed by atoms with Crippen molar-refractivity contribution in [2.75, 3.05) is 38.6 Å². The van der Waals surface area contributed by atoms with E-state index in [0.717, 1.165) is 33.9 Å². The van der Waals surface area contributed by atoms with Crippen molar-refractivity contribution in [2.45, 2.75) is 38.6 Å². The Morgan fingerprint density at radius 1 is 0.846 bits per heavy atom. The van der Waals surface area contributed by atoms with Gasteiger partial charge in [-0.15, -0.1) is 0 Å². The fraction of sp³-hybridized carbons (Fsp3) is 0.344. The number of fused-ring (bicyclic) bond motifs is 1. The van der Waals surface area contributed by atoms with Crippen molar-refractivity contribution in [1.82, 2.24) is 0 Å². The first-order valence-electron chi connectivity index (χ1n) is 13.3. The average molecular weight is 529 g/mol. The number of para-hydroxylation sites is 2. The molecule has 5 rings (SSSR count). The Kier molecular flexibility index (Phi) is 7.68. The molecule has 2 atom stereocenters. The van der Waals surface area contributed by atoms with Gasteiger partial charge in [0.2, 0.25) is 0 Å². The maximum absolute atomic E-state index is 14.0. The highest BCUT2D eigenvalue weighted by Crippen LogP contribution is 2.47. The molecule has 1 heterocycles. The van der Waals surface area contributed by atoms with Gasteiger partial charge in [-0.3, -0.25) is 4.79 Å². The van der Waals surface area contributed by atoms with Crippen LogP contribution < -0.4 is 29.6 Å². The number of Topliss-reactive ketones (excluding diaryl/α,β-unsaturated/α-hetero) is 1. The van der Waals surface area contributed by atoms with Crippen LogP contribution in [-0.4, -0.2) is 33.7 Å². The van der Waals surface area contributed by atoms with Crippen LogP contribution in [0, 0.1) is 5.92 Å². The van der Waals surface area contributed by atoms with E-state index in [2.05, 4.69) is 36.6 Å². The van der Waals surface area contributed by atoms with Gasteiger partial charge in [-0.05, 0) is 54.2 Å². The zero-order chi connectivity index (χ0) is 27.5. The first-order valence-corrected chi connectivity index (χ1v) is 13.3. The summed E-state index contributed by atoms with van der Waals surface area (Å²) in [5, 5.41) is 7.22. The number of methoxy groups -OCH3 is 3. The van der Waals surface area contributed by atoms with E-state index in [1.807, 2.05) is 42.5 Å². The number of benzene rings is 3. The molecule has 3 aromatic rings. The Labute approximate surface area is 230 Å². The highest BCUT2D eigenvalue weighted by atomic mass is 16.5. The molecule has 0 radical (unpaired) electrons. The third-order valence-electron chi connectivity index (χ3n) is 7.29. The molecule has 0 bridgehead atoms. The Morgan fingerprint density at radius 3 is 2.18 bits per heavy atom. The number of hydrogen-bond donors (Lipinski definition) is 2. The molecule has 2 aliphatic rings. The smallest absolute Gasteiger partial charge is 0.164 e. The third-order valence-corrected chi connectivity index (χ3v) is 7.29. The van der Waals surface area contributed by atoms with E-state index >= 15 is 0 Å². The van der Waals surface area contributed by atoms with E-state index in [0.29, 0.717) is 48.2 Å². The van der Waals surface area contributed by atoms with Gasteiger partial charge in [0.1, 0.15) is 11.5 Å². The van der Waals surface area contributed by atoms with E-state index < -0.39 is 6.04 Å². The van der Waals surface area contributed by atoms with E-state index in [1.54, 1.807) is 27.4 Å². The average Bonchev–Trinajstić information content (AvgIpc) is 3.12. The number of ketones is 1. The van der Waals surface area contributed by atoms with Crippen molar-refractivity contribution in [3.63, 3.8) is 0 Å². The Morgan fingerprint density at radius 2 is 1.51 bits per heavy atom. The molecule has 3 aromatic carbocycles. The summed E-state index contributed by atoms with van der Waals surface area (Å²) in [6.45, 7) is 4.94. The van der Waals surface area contributed by atoms with Gasteiger partial charge in [0.05, 0.1) is 45.4 Å². The van der Waals surface area contributed by atoms with Crippen LogP contribution in [0.4, 0.5) is 11.4 Å². The molecule has 0 saturated heterocycles. The first kappa shape index (κ1) is 26.5. The highest BCUT2D eigenvalue weighted by Gasteiger charge is 2.37. The van der Waals surface area contributed by atoms with Gasteiger partial charge >= 0.3 is 0 Å². The second-order valence-corrected chi connectivity index (χ2v) is 10.4. The standard InChI is InChI=1S/C32H36N2O5/c1-19(2)18-39-22-12-10-20(11-13-22)21-14-26-31(27(35)15-21)32(34-25-9-7-6-8-24(25)33-26)23-16-29(37-4)30(38-5)17-28(23)36-3/h6-13,16-17,19,21,32-34H,14-15,18H2,1-5H3. The summed E-state index contributed by atoms with van der Waals surface area (Å²) in [4.78, 5) is 14.0. The molecule has 204 valence electrons. The molecule has 7 heteroatoms. The van der Waals surface area contributed by atoms with Crippen molar-refractivity contribution in [2.24, 2.45) is 5.92 Å². The molecule has 0 amide bonds. The summed E-state index contributed by atoms with van der Waals surface area (Å²) in [6, 6.07) is 19.4. The van der Waals surface area contributed by atoms with Crippen LogP contribution in [0.1, 0.15) is 49.8 Å². The number of rotatable bonds is 8. The summed E-state index contributed by atoms with van der Waals surface area (Å²) >= 11 is 0. The van der Waals surface area contributed by atoms with E-state index in [4.69, 9.17) is 18.9 Å². The third kappa shape index (κ3) is 5.39. The van der Waals surface area contributed by atoms with Crippen LogP contribution in [0.25, 0.3) is 0 Å². The Hall–Kier alpha value is -4.13. The lowest BCUT2D eigenvalue weighted by molar-refractivity contribution is -0.116. The minimum Gasteiger partial charge on any atom is -0.496 e. The molecule has 0 saturated carbocycles. The number of carbonyl (C=O) groups is 1. The SMILES string of the molecule is COc1cc(OC)c(C2Nc3ccccc3NC3=C2C(=O)CC(c2ccc(OCC(C)C)cc2)C3)cc1OC. The predicted octanol–water partition coefficient (Wildman–Crippen LogP) is 6.73. The number of allylic oxidation sites excluding steroid dienone is 1. The number of ether oxygens (including phenoxy) is 4. The van der Waals surface area contributed by atoms with Crippen LogP contribution in [0.3, 0.4) is 0 Å². The number of hydrogen-bond acceptors (Lipinski definition) is 7. The Bertz CT molecular complexity index is 1380. The molecule has 0 fully saturated rings. The van der Waals surface area contributed by atoms with Crippen LogP contribution in [0.2, 0.25) is 0 Å². The maximum atomic E-state index is 14.0. The molecule has 1 aliphatic carbocycles. The largest absolute Gasteiger partial charge is 0.496 e. The van der Waals surface area contributed by atoms with Gasteiger partial charge in [0.25, 0.3) is 0 Å². The zero-order valence-electron chi connectivity index (χ0n) is 23.2. The topological polar surface area (TPSA) is 78.1 Å². The minimum absolute atomic E-state index is 0.0566. The van der Waals surface area contributed by atoms with Crippen LogP contribution in [-0.2, 0) is 4.79 Å². The number of anilines is 2. The molecular weight excluding hydrogens is 492 g/mol. The summed E-state index contributed by atoms with van der Waals surface area (Å²) < 4.78 is 22.8. The molecular formula is C32H36N2O5. The van der Waals surface area contributed by atoms with Gasteiger partial charge in [-0.2, -0.15) is 0 Å². The molecule has 7 nitrogen and oxygen atoms in total. The van der Waals surface area contributed by atoms with Crippen LogP contribution in [0.5, 0.6) is 23.0 Å². The normalized spacial score (nSPS) is 18.4. The quantitative estimate of drug-likeness (QED) is 0.336. The maximum Gasteiger partial charge on any atom is 0.164 e. The van der Waals surface area contributed by atoms with Crippen LogP contribution in [0.15, 0.2) is 71.9 Å². The Balaban J connectivity index is 1.55. The number of carbonyl (C=O) groups excluding carboxylic acids is 1. The van der Waals surface area contributed by atoms with Crippen molar-refractivity contribution in [3.05, 3.63) is 83.1 Å². The van der Waals surface area contributed by atoms with Gasteiger partial charge in [0.15, 0.2) is 17.3 Å². The van der Waals surface area contributed by atoms with Crippen molar-refractivity contribution >= 4 is 17.2 Å². The minimum atomic E-state index is -0.439. The van der Waals surface area contributed by atoms with E-state index in [-0.39, 0.29) is 11.7 Å². The lowest BCUT2D eigenvalue weighted by Gasteiger charge is -2.30. The summed E-state index contributed by atoms with van der Waals surface area (Å²) in [5.41, 5.74) is 5.39. The van der Waals surface area contributed by atoms with Gasteiger partial charge in [-0.1, -0.05) is 38.1 Å². The fourth-order valence-corrected chi connectivity index (χ4v) is 5.34. The second kappa shape index (κ2) is 11.3. The van der Waals surface area contributed by atoms with Crippen LogP contribution >= 0.6 is 0 Å². The lowest BCUT2D eigenvalue weighted by atomic mass is 9.78. The second-order valence-electron chi connectivity index (χ2n) is 10.4. The number of nitrogens with one attached hydrogen (secondary N) is 2. The molecule has 1 aliphatic heterocycles. The van der Waals surface area contributed by atoms with Crippen molar-refractivity contribution < 1.29 is 23.7 Å². The van der Waals surface area contributed by atoms with Gasteiger partial charge in [0, 0.05) is 29.3 Å². The monoisotopic (exact) mass is 528 g/mol. The fourth-order valence-electron chi connectivity index (χ4n) is 5.34. The lowest BCUT2D eigenvalue weighted by Crippen LogP contribution is -2.27. The van der Waals surface area contributed by atoms with E-state index in [1.165, 1.54) is 0 Å².